The molecule has 2 aromatic rings. The fourth-order valence-electron chi connectivity index (χ4n) is 1.85. The SMILES string of the molecule is Cc1noc([C@H](C)NC(=O)CCc2cccc(Cl)c2Cl)n1. The number of hydrogen-bond donors (Lipinski definition) is 1. The van der Waals surface area contributed by atoms with Gasteiger partial charge in [0, 0.05) is 6.42 Å². The van der Waals surface area contributed by atoms with Crippen LogP contribution >= 0.6 is 23.2 Å². The van der Waals surface area contributed by atoms with E-state index in [1.165, 1.54) is 0 Å². The van der Waals surface area contributed by atoms with Crippen LogP contribution in [0.2, 0.25) is 10.0 Å². The topological polar surface area (TPSA) is 68.0 Å². The lowest BCUT2D eigenvalue weighted by Crippen LogP contribution is -2.27. The maximum absolute atomic E-state index is 11.9. The molecule has 0 spiro atoms. The lowest BCUT2D eigenvalue weighted by molar-refractivity contribution is -0.121. The summed E-state index contributed by atoms with van der Waals surface area (Å²) in [5, 5.41) is 7.48. The van der Waals surface area contributed by atoms with E-state index < -0.39 is 0 Å². The molecular formula is C14H15Cl2N3O2. The third-order valence-electron chi connectivity index (χ3n) is 2.94. The molecule has 2 rings (SSSR count). The predicted molar refractivity (Wildman–Crippen MR) is 80.4 cm³/mol. The molecule has 0 aliphatic heterocycles. The molecule has 0 saturated heterocycles. The predicted octanol–water partition coefficient (Wildman–Crippen LogP) is 3.49. The van der Waals surface area contributed by atoms with E-state index in [9.17, 15) is 4.79 Å². The number of aromatic nitrogens is 2. The zero-order valence-electron chi connectivity index (χ0n) is 11.7. The van der Waals surface area contributed by atoms with Crippen molar-refractivity contribution < 1.29 is 9.32 Å². The highest BCUT2D eigenvalue weighted by Gasteiger charge is 2.15. The molecule has 1 amide bonds. The smallest absolute Gasteiger partial charge is 0.248 e. The van der Waals surface area contributed by atoms with Crippen molar-refractivity contribution in [2.75, 3.05) is 0 Å². The van der Waals surface area contributed by atoms with Gasteiger partial charge in [-0.05, 0) is 31.9 Å². The van der Waals surface area contributed by atoms with Crippen molar-refractivity contribution in [1.29, 1.82) is 0 Å². The first kappa shape index (κ1) is 15.8. The summed E-state index contributed by atoms with van der Waals surface area (Å²) < 4.78 is 5.01. The number of carbonyl (C=O) groups is 1. The van der Waals surface area contributed by atoms with Gasteiger partial charge in [0.25, 0.3) is 0 Å². The van der Waals surface area contributed by atoms with Gasteiger partial charge in [-0.3, -0.25) is 4.79 Å². The summed E-state index contributed by atoms with van der Waals surface area (Å²) in [6.07, 6.45) is 0.818. The fourth-order valence-corrected chi connectivity index (χ4v) is 2.27. The number of hydrogen-bond acceptors (Lipinski definition) is 4. The minimum Gasteiger partial charge on any atom is -0.345 e. The molecular weight excluding hydrogens is 313 g/mol. The minimum absolute atomic E-state index is 0.116. The molecule has 0 saturated carbocycles. The fraction of sp³-hybridized carbons (Fsp3) is 0.357. The molecule has 112 valence electrons. The number of rotatable bonds is 5. The Kier molecular flexibility index (Phi) is 5.20. The van der Waals surface area contributed by atoms with Gasteiger partial charge in [-0.1, -0.05) is 40.5 Å². The van der Waals surface area contributed by atoms with E-state index in [0.29, 0.717) is 34.6 Å². The third-order valence-corrected chi connectivity index (χ3v) is 3.80. The molecule has 0 aliphatic carbocycles. The molecule has 1 N–H and O–H groups in total. The van der Waals surface area contributed by atoms with Crippen LogP contribution in [0, 0.1) is 6.92 Å². The highest BCUT2D eigenvalue weighted by atomic mass is 35.5. The summed E-state index contributed by atoms with van der Waals surface area (Å²) >= 11 is 12.0. The Morgan fingerprint density at radius 2 is 2.19 bits per heavy atom. The minimum atomic E-state index is -0.325. The van der Waals surface area contributed by atoms with Gasteiger partial charge in [0.2, 0.25) is 11.8 Å². The molecule has 0 fully saturated rings. The quantitative estimate of drug-likeness (QED) is 0.912. The zero-order chi connectivity index (χ0) is 15.4. The summed E-state index contributed by atoms with van der Waals surface area (Å²) in [4.78, 5) is 16.0. The molecule has 7 heteroatoms. The maximum atomic E-state index is 11.9. The highest BCUT2D eigenvalue weighted by Crippen LogP contribution is 2.26. The Morgan fingerprint density at radius 1 is 1.43 bits per heavy atom. The van der Waals surface area contributed by atoms with Gasteiger partial charge in [0.1, 0.15) is 6.04 Å². The second-order valence-corrected chi connectivity index (χ2v) is 5.47. The average Bonchev–Trinajstić information content (AvgIpc) is 2.87. The molecule has 0 aliphatic rings. The van der Waals surface area contributed by atoms with Crippen LogP contribution in [0.15, 0.2) is 22.7 Å². The molecule has 0 radical (unpaired) electrons. The van der Waals surface area contributed by atoms with Crippen LogP contribution in [0.4, 0.5) is 0 Å². The largest absolute Gasteiger partial charge is 0.345 e. The van der Waals surface area contributed by atoms with E-state index in [-0.39, 0.29) is 11.9 Å². The van der Waals surface area contributed by atoms with Crippen molar-refractivity contribution >= 4 is 29.1 Å². The van der Waals surface area contributed by atoms with Crippen LogP contribution in [0.3, 0.4) is 0 Å². The summed E-state index contributed by atoms with van der Waals surface area (Å²) in [7, 11) is 0. The van der Waals surface area contributed by atoms with E-state index in [4.69, 9.17) is 27.7 Å². The van der Waals surface area contributed by atoms with Crippen molar-refractivity contribution in [2.45, 2.75) is 32.7 Å². The highest BCUT2D eigenvalue weighted by molar-refractivity contribution is 6.42. The Labute approximate surface area is 132 Å². The van der Waals surface area contributed by atoms with Gasteiger partial charge in [-0.25, -0.2) is 0 Å². The molecule has 0 bridgehead atoms. The summed E-state index contributed by atoms with van der Waals surface area (Å²) in [6, 6.07) is 5.05. The van der Waals surface area contributed by atoms with Gasteiger partial charge in [-0.15, -0.1) is 0 Å². The Hall–Kier alpha value is -1.59. The van der Waals surface area contributed by atoms with Crippen molar-refractivity contribution in [2.24, 2.45) is 0 Å². The third kappa shape index (κ3) is 4.19. The number of halogens is 2. The van der Waals surface area contributed by atoms with Crippen LogP contribution in [0.25, 0.3) is 0 Å². The van der Waals surface area contributed by atoms with Crippen LogP contribution in [-0.4, -0.2) is 16.0 Å². The molecule has 21 heavy (non-hydrogen) atoms. The number of aryl methyl sites for hydroxylation is 2. The number of nitrogens with one attached hydrogen (secondary N) is 1. The van der Waals surface area contributed by atoms with E-state index >= 15 is 0 Å². The van der Waals surface area contributed by atoms with Gasteiger partial charge in [0.05, 0.1) is 10.0 Å². The van der Waals surface area contributed by atoms with E-state index in [1.807, 2.05) is 12.1 Å². The first-order valence-electron chi connectivity index (χ1n) is 6.50. The molecule has 1 atom stereocenters. The number of benzene rings is 1. The Balaban J connectivity index is 1.89. The standard InChI is InChI=1S/C14H15Cl2N3O2/c1-8(14-18-9(2)19-21-14)17-12(20)7-6-10-4-3-5-11(15)13(10)16/h3-5,8H,6-7H2,1-2H3,(H,17,20)/t8-/m0/s1. The van der Waals surface area contributed by atoms with Gasteiger partial charge in [0.15, 0.2) is 5.82 Å². The molecule has 1 heterocycles. The summed E-state index contributed by atoms with van der Waals surface area (Å²) in [5.41, 5.74) is 0.848. The second kappa shape index (κ2) is 6.91. The summed E-state index contributed by atoms with van der Waals surface area (Å²) in [5.74, 6) is 0.813. The van der Waals surface area contributed by atoms with Crippen molar-refractivity contribution in [3.63, 3.8) is 0 Å². The van der Waals surface area contributed by atoms with E-state index in [2.05, 4.69) is 15.5 Å². The van der Waals surface area contributed by atoms with E-state index in [0.717, 1.165) is 5.56 Å². The van der Waals surface area contributed by atoms with Crippen LogP contribution in [0.1, 0.15) is 36.7 Å². The van der Waals surface area contributed by atoms with Crippen LogP contribution in [-0.2, 0) is 11.2 Å². The molecule has 1 aromatic heterocycles. The van der Waals surface area contributed by atoms with Gasteiger partial charge in [-0.2, -0.15) is 4.98 Å². The Morgan fingerprint density at radius 3 is 2.86 bits per heavy atom. The van der Waals surface area contributed by atoms with Crippen molar-refractivity contribution in [3.05, 3.63) is 45.5 Å². The molecule has 5 nitrogen and oxygen atoms in total. The van der Waals surface area contributed by atoms with Crippen LogP contribution < -0.4 is 5.32 Å². The number of amides is 1. The van der Waals surface area contributed by atoms with Crippen molar-refractivity contribution in [3.8, 4) is 0 Å². The van der Waals surface area contributed by atoms with Crippen LogP contribution in [0.5, 0.6) is 0 Å². The second-order valence-electron chi connectivity index (χ2n) is 4.68. The first-order chi connectivity index (χ1) is 9.97. The zero-order valence-corrected chi connectivity index (χ0v) is 13.2. The average molecular weight is 328 g/mol. The normalized spacial score (nSPS) is 12.2. The maximum Gasteiger partial charge on any atom is 0.248 e. The van der Waals surface area contributed by atoms with E-state index in [1.54, 1.807) is 19.9 Å². The Bertz CT molecular complexity index is 643. The first-order valence-corrected chi connectivity index (χ1v) is 7.25. The lowest BCUT2D eigenvalue weighted by Gasteiger charge is -2.10. The van der Waals surface area contributed by atoms with Gasteiger partial charge >= 0.3 is 0 Å². The van der Waals surface area contributed by atoms with Crippen molar-refractivity contribution in [1.82, 2.24) is 15.5 Å². The molecule has 0 unspecified atom stereocenters. The number of carbonyl (C=O) groups excluding carboxylic acids is 1. The van der Waals surface area contributed by atoms with Gasteiger partial charge < -0.3 is 9.84 Å². The lowest BCUT2D eigenvalue weighted by atomic mass is 10.1. The monoisotopic (exact) mass is 327 g/mol. The molecule has 1 aromatic carbocycles. The number of nitrogens with zero attached hydrogens (tertiary/aromatic N) is 2. The summed E-state index contributed by atoms with van der Waals surface area (Å²) in [6.45, 7) is 3.51.